The smallest absolute Gasteiger partial charge is 0.396 e. The van der Waals surface area contributed by atoms with Gasteiger partial charge < -0.3 is 15.8 Å². The van der Waals surface area contributed by atoms with Crippen LogP contribution in [0.5, 0.6) is 0 Å². The fraction of sp³-hybridized carbons (Fsp3) is 0.545. The highest BCUT2D eigenvalue weighted by Gasteiger charge is 2.32. The van der Waals surface area contributed by atoms with Crippen LogP contribution in [0.25, 0.3) is 0 Å². The minimum Gasteiger partial charge on any atom is -0.396 e. The largest absolute Gasteiger partial charge is 0.433 e. The summed E-state index contributed by atoms with van der Waals surface area (Å²) in [6, 6.07) is 0.897. The zero-order valence-corrected chi connectivity index (χ0v) is 10.2. The van der Waals surface area contributed by atoms with Crippen LogP contribution >= 0.6 is 0 Å². The summed E-state index contributed by atoms with van der Waals surface area (Å²) in [5.41, 5.74) is 4.98. The van der Waals surface area contributed by atoms with Gasteiger partial charge in [0.1, 0.15) is 5.69 Å². The number of nitrogens with one attached hydrogen (secondary N) is 1. The van der Waals surface area contributed by atoms with Crippen molar-refractivity contribution in [3.63, 3.8) is 0 Å². The number of ether oxygens (including phenoxy) is 1. The van der Waals surface area contributed by atoms with Crippen LogP contribution in [-0.2, 0) is 10.9 Å². The van der Waals surface area contributed by atoms with Crippen LogP contribution < -0.4 is 11.1 Å². The van der Waals surface area contributed by atoms with Crippen molar-refractivity contribution in [2.45, 2.75) is 26.1 Å². The van der Waals surface area contributed by atoms with Crippen molar-refractivity contribution in [3.8, 4) is 0 Å². The van der Waals surface area contributed by atoms with Crippen LogP contribution in [0.15, 0.2) is 12.3 Å². The van der Waals surface area contributed by atoms with E-state index >= 15 is 0 Å². The monoisotopic (exact) mass is 263 g/mol. The van der Waals surface area contributed by atoms with Crippen molar-refractivity contribution in [2.24, 2.45) is 0 Å². The molecule has 1 atom stereocenters. The summed E-state index contributed by atoms with van der Waals surface area (Å²) in [7, 11) is 0. The molecule has 102 valence electrons. The van der Waals surface area contributed by atoms with E-state index in [1.165, 1.54) is 0 Å². The molecule has 1 aromatic rings. The Balaban J connectivity index is 2.76. The summed E-state index contributed by atoms with van der Waals surface area (Å²) < 4.78 is 42.7. The lowest BCUT2D eigenvalue weighted by Crippen LogP contribution is -2.21. The van der Waals surface area contributed by atoms with Crippen molar-refractivity contribution < 1.29 is 17.9 Å². The molecule has 7 heteroatoms. The topological polar surface area (TPSA) is 60.2 Å². The van der Waals surface area contributed by atoms with Gasteiger partial charge in [0.05, 0.1) is 23.7 Å². The fourth-order valence-electron chi connectivity index (χ4n) is 1.37. The third kappa shape index (κ3) is 4.06. The van der Waals surface area contributed by atoms with Gasteiger partial charge in [0.15, 0.2) is 0 Å². The normalized spacial score (nSPS) is 13.4. The predicted octanol–water partition coefficient (Wildman–Crippen LogP) is 2.52. The van der Waals surface area contributed by atoms with E-state index in [0.29, 0.717) is 13.2 Å². The van der Waals surface area contributed by atoms with E-state index in [-0.39, 0.29) is 17.5 Å². The Morgan fingerprint density at radius 3 is 2.72 bits per heavy atom. The number of hydrogen-bond donors (Lipinski definition) is 2. The molecule has 0 fully saturated rings. The Morgan fingerprint density at radius 2 is 2.17 bits per heavy atom. The molecular weight excluding hydrogens is 247 g/mol. The highest BCUT2D eigenvalue weighted by Crippen LogP contribution is 2.30. The molecule has 18 heavy (non-hydrogen) atoms. The number of rotatable bonds is 5. The lowest BCUT2D eigenvalue weighted by molar-refractivity contribution is -0.141. The first-order valence-electron chi connectivity index (χ1n) is 5.52. The Bertz CT molecular complexity index is 396. The van der Waals surface area contributed by atoms with Crippen molar-refractivity contribution in [1.82, 2.24) is 4.98 Å². The summed E-state index contributed by atoms with van der Waals surface area (Å²) in [5, 5.41) is 2.82. The van der Waals surface area contributed by atoms with E-state index in [9.17, 15) is 13.2 Å². The van der Waals surface area contributed by atoms with Gasteiger partial charge in [0.25, 0.3) is 0 Å². The molecular formula is C11H16F3N3O. The third-order valence-corrected chi connectivity index (χ3v) is 2.26. The molecule has 0 aliphatic carbocycles. The highest BCUT2D eigenvalue weighted by atomic mass is 19.4. The van der Waals surface area contributed by atoms with E-state index in [1.807, 2.05) is 13.8 Å². The average molecular weight is 263 g/mol. The first kappa shape index (κ1) is 14.6. The minimum absolute atomic E-state index is 0.114. The van der Waals surface area contributed by atoms with Gasteiger partial charge in [-0.25, -0.2) is 4.98 Å². The number of nitrogens with two attached hydrogens (primary N) is 1. The number of aromatic nitrogens is 1. The SMILES string of the molecule is CCOC(C)CNc1cc(C(F)(F)F)ncc1N. The van der Waals surface area contributed by atoms with Crippen LogP contribution in [0.2, 0.25) is 0 Å². The fourth-order valence-corrected chi connectivity index (χ4v) is 1.37. The number of hydrogen-bond acceptors (Lipinski definition) is 4. The summed E-state index contributed by atoms with van der Waals surface area (Å²) in [5.74, 6) is 0. The van der Waals surface area contributed by atoms with Crippen molar-refractivity contribution in [3.05, 3.63) is 18.0 Å². The van der Waals surface area contributed by atoms with Gasteiger partial charge in [0.2, 0.25) is 0 Å². The zero-order valence-electron chi connectivity index (χ0n) is 10.2. The maximum Gasteiger partial charge on any atom is 0.433 e. The molecule has 0 saturated carbocycles. The second-order valence-corrected chi connectivity index (χ2v) is 3.80. The van der Waals surface area contributed by atoms with Gasteiger partial charge in [-0.05, 0) is 19.9 Å². The number of nitrogens with zero attached hydrogens (tertiary/aromatic N) is 1. The Kier molecular flexibility index (Phi) is 4.77. The molecule has 0 amide bonds. The molecule has 0 saturated heterocycles. The highest BCUT2D eigenvalue weighted by molar-refractivity contribution is 5.65. The van der Waals surface area contributed by atoms with E-state index in [1.54, 1.807) is 0 Å². The van der Waals surface area contributed by atoms with Gasteiger partial charge in [-0.1, -0.05) is 0 Å². The molecule has 1 aromatic heterocycles. The molecule has 1 unspecified atom stereocenters. The van der Waals surface area contributed by atoms with Crippen LogP contribution in [-0.4, -0.2) is 24.2 Å². The Hall–Kier alpha value is -1.50. The van der Waals surface area contributed by atoms with Gasteiger partial charge >= 0.3 is 6.18 Å². The molecule has 0 radical (unpaired) electrons. The second kappa shape index (κ2) is 5.90. The van der Waals surface area contributed by atoms with Gasteiger partial charge in [-0.3, -0.25) is 0 Å². The molecule has 0 aliphatic heterocycles. The lowest BCUT2D eigenvalue weighted by atomic mass is 10.2. The van der Waals surface area contributed by atoms with Gasteiger partial charge in [-0.15, -0.1) is 0 Å². The number of anilines is 2. The second-order valence-electron chi connectivity index (χ2n) is 3.80. The number of halogens is 3. The summed E-state index contributed by atoms with van der Waals surface area (Å²) in [6.07, 6.45) is -3.59. The van der Waals surface area contributed by atoms with Crippen LogP contribution in [0.1, 0.15) is 19.5 Å². The molecule has 4 nitrogen and oxygen atoms in total. The Labute approximate surface area is 103 Å². The van der Waals surface area contributed by atoms with Gasteiger partial charge in [-0.2, -0.15) is 13.2 Å². The number of pyridine rings is 1. The average Bonchev–Trinajstić information content (AvgIpc) is 2.26. The molecule has 0 spiro atoms. The van der Waals surface area contributed by atoms with E-state index in [2.05, 4.69) is 10.3 Å². The maximum atomic E-state index is 12.5. The molecule has 0 aliphatic rings. The molecule has 0 aromatic carbocycles. The molecule has 3 N–H and O–H groups in total. The van der Waals surface area contributed by atoms with Crippen molar-refractivity contribution in [1.29, 1.82) is 0 Å². The Morgan fingerprint density at radius 1 is 1.50 bits per heavy atom. The van der Waals surface area contributed by atoms with Crippen molar-refractivity contribution >= 4 is 11.4 Å². The molecule has 1 heterocycles. The number of nitrogen functional groups attached to an aromatic ring is 1. The van der Waals surface area contributed by atoms with Crippen molar-refractivity contribution in [2.75, 3.05) is 24.2 Å². The van der Waals surface area contributed by atoms with E-state index in [0.717, 1.165) is 12.3 Å². The summed E-state index contributed by atoms with van der Waals surface area (Å²) in [6.45, 7) is 4.58. The van der Waals surface area contributed by atoms with Crippen LogP contribution in [0.3, 0.4) is 0 Å². The third-order valence-electron chi connectivity index (χ3n) is 2.26. The first-order chi connectivity index (χ1) is 8.34. The lowest BCUT2D eigenvalue weighted by Gasteiger charge is -2.16. The number of alkyl halides is 3. The van der Waals surface area contributed by atoms with Crippen LogP contribution in [0.4, 0.5) is 24.5 Å². The first-order valence-corrected chi connectivity index (χ1v) is 5.52. The van der Waals surface area contributed by atoms with E-state index in [4.69, 9.17) is 10.5 Å². The summed E-state index contributed by atoms with van der Waals surface area (Å²) >= 11 is 0. The molecule has 0 bridgehead atoms. The molecule has 1 rings (SSSR count). The summed E-state index contributed by atoms with van der Waals surface area (Å²) in [4.78, 5) is 3.25. The van der Waals surface area contributed by atoms with E-state index < -0.39 is 11.9 Å². The maximum absolute atomic E-state index is 12.5. The predicted molar refractivity (Wildman–Crippen MR) is 63.2 cm³/mol. The minimum atomic E-state index is -4.48. The quantitative estimate of drug-likeness (QED) is 0.857. The zero-order chi connectivity index (χ0) is 13.8. The van der Waals surface area contributed by atoms with Gasteiger partial charge in [0, 0.05) is 13.2 Å². The standard InChI is InChI=1S/C11H16F3N3O/c1-3-18-7(2)5-16-9-4-10(11(12,13)14)17-6-8(9)15/h4,6-7H,3,5,15H2,1-2H3,(H,16,17). The van der Waals surface area contributed by atoms with Crippen LogP contribution in [0, 0.1) is 0 Å².